The van der Waals surface area contributed by atoms with Gasteiger partial charge in [0.05, 0.1) is 15.0 Å². The van der Waals surface area contributed by atoms with Crippen LogP contribution in [0.2, 0.25) is 0 Å². The number of halogens is 3. The fourth-order valence-corrected chi connectivity index (χ4v) is 4.81. The molecule has 0 aliphatic heterocycles. The zero-order chi connectivity index (χ0) is 12.6. The molecular formula is C11H8Br3NOS. The summed E-state index contributed by atoms with van der Waals surface area (Å²) in [6.45, 7) is 0. The summed E-state index contributed by atoms with van der Waals surface area (Å²) in [5.74, 6) is 0.161. The lowest BCUT2D eigenvalue weighted by Crippen LogP contribution is -2.12. The van der Waals surface area contributed by atoms with Crippen molar-refractivity contribution in [2.75, 3.05) is 0 Å². The zero-order valence-corrected chi connectivity index (χ0v) is 14.0. The van der Waals surface area contributed by atoms with Gasteiger partial charge in [0.1, 0.15) is 5.75 Å². The van der Waals surface area contributed by atoms with Crippen molar-refractivity contribution >= 4 is 59.1 Å². The Bertz CT molecular complexity index is 542. The molecule has 2 aromatic rings. The van der Waals surface area contributed by atoms with Crippen molar-refractivity contribution in [2.45, 2.75) is 6.04 Å². The van der Waals surface area contributed by atoms with Gasteiger partial charge in [-0.15, -0.1) is 0 Å². The second-order valence-corrected chi connectivity index (χ2v) is 6.73. The lowest BCUT2D eigenvalue weighted by atomic mass is 10.0. The minimum Gasteiger partial charge on any atom is -0.506 e. The Balaban J connectivity index is 2.56. The summed E-state index contributed by atoms with van der Waals surface area (Å²) in [4.78, 5) is 0. The van der Waals surface area contributed by atoms with Crippen LogP contribution in [0.1, 0.15) is 17.2 Å². The third-order valence-corrected chi connectivity index (χ3v) is 5.16. The van der Waals surface area contributed by atoms with Crippen molar-refractivity contribution in [3.63, 3.8) is 0 Å². The van der Waals surface area contributed by atoms with Gasteiger partial charge in [-0.25, -0.2) is 0 Å². The molecular weight excluding hydrogens is 434 g/mol. The minimum absolute atomic E-state index is 0.161. The number of benzene rings is 1. The van der Waals surface area contributed by atoms with E-state index in [9.17, 15) is 5.11 Å². The summed E-state index contributed by atoms with van der Waals surface area (Å²) in [6.07, 6.45) is 0. The van der Waals surface area contributed by atoms with E-state index in [1.807, 2.05) is 16.8 Å². The van der Waals surface area contributed by atoms with Gasteiger partial charge in [-0.1, -0.05) is 15.9 Å². The van der Waals surface area contributed by atoms with Crippen LogP contribution >= 0.6 is 59.1 Å². The lowest BCUT2D eigenvalue weighted by Gasteiger charge is -2.16. The van der Waals surface area contributed by atoms with Crippen molar-refractivity contribution in [1.82, 2.24) is 0 Å². The number of rotatable bonds is 2. The Kier molecular flexibility index (Phi) is 4.31. The lowest BCUT2D eigenvalue weighted by molar-refractivity contribution is 0.467. The largest absolute Gasteiger partial charge is 0.506 e. The normalized spacial score (nSPS) is 12.7. The highest BCUT2D eigenvalue weighted by atomic mass is 79.9. The van der Waals surface area contributed by atoms with Crippen LogP contribution in [0.25, 0.3) is 0 Å². The van der Waals surface area contributed by atoms with E-state index in [2.05, 4.69) is 47.8 Å². The van der Waals surface area contributed by atoms with Crippen molar-refractivity contribution < 1.29 is 5.11 Å². The highest BCUT2D eigenvalue weighted by molar-refractivity contribution is 9.11. The van der Waals surface area contributed by atoms with Gasteiger partial charge in [0.15, 0.2) is 0 Å². The molecule has 17 heavy (non-hydrogen) atoms. The summed E-state index contributed by atoms with van der Waals surface area (Å²) in [7, 11) is 0. The number of aromatic hydroxyl groups is 1. The van der Waals surface area contributed by atoms with Crippen LogP contribution in [0.5, 0.6) is 5.75 Å². The first-order valence-electron chi connectivity index (χ1n) is 4.66. The molecule has 0 fully saturated rings. The van der Waals surface area contributed by atoms with Crippen molar-refractivity contribution in [1.29, 1.82) is 0 Å². The van der Waals surface area contributed by atoms with Gasteiger partial charge < -0.3 is 10.8 Å². The molecule has 0 amide bonds. The van der Waals surface area contributed by atoms with E-state index in [0.29, 0.717) is 8.95 Å². The van der Waals surface area contributed by atoms with Crippen molar-refractivity contribution in [3.8, 4) is 5.75 Å². The molecule has 0 saturated heterocycles. The third kappa shape index (κ3) is 2.61. The summed E-state index contributed by atoms with van der Waals surface area (Å²) in [5.41, 5.74) is 8.06. The van der Waals surface area contributed by atoms with Gasteiger partial charge in [-0.3, -0.25) is 0 Å². The minimum atomic E-state index is -0.274. The quantitative estimate of drug-likeness (QED) is 0.703. The number of phenols is 1. The van der Waals surface area contributed by atoms with Crippen LogP contribution in [-0.4, -0.2) is 5.11 Å². The maximum absolute atomic E-state index is 9.89. The molecule has 6 heteroatoms. The van der Waals surface area contributed by atoms with Crippen LogP contribution in [0.15, 0.2) is 36.3 Å². The Hall–Kier alpha value is 0.120. The number of hydrogen-bond acceptors (Lipinski definition) is 3. The first-order valence-corrected chi connectivity index (χ1v) is 7.98. The fourth-order valence-electron chi connectivity index (χ4n) is 1.50. The smallest absolute Gasteiger partial charge is 0.144 e. The molecule has 0 unspecified atom stereocenters. The molecule has 0 aliphatic rings. The van der Waals surface area contributed by atoms with Gasteiger partial charge >= 0.3 is 0 Å². The maximum Gasteiger partial charge on any atom is 0.144 e. The molecule has 1 aromatic heterocycles. The summed E-state index contributed by atoms with van der Waals surface area (Å²) in [5, 5.41) is 13.9. The van der Waals surface area contributed by atoms with Gasteiger partial charge in [-0.05, 0) is 60.3 Å². The highest BCUT2D eigenvalue weighted by Crippen LogP contribution is 2.43. The topological polar surface area (TPSA) is 46.2 Å². The molecule has 90 valence electrons. The predicted molar refractivity (Wildman–Crippen MR) is 81.6 cm³/mol. The van der Waals surface area contributed by atoms with E-state index in [1.165, 1.54) is 0 Å². The second-order valence-electron chi connectivity index (χ2n) is 3.45. The van der Waals surface area contributed by atoms with E-state index >= 15 is 0 Å². The Morgan fingerprint density at radius 3 is 2.53 bits per heavy atom. The van der Waals surface area contributed by atoms with Crippen LogP contribution in [-0.2, 0) is 0 Å². The zero-order valence-electron chi connectivity index (χ0n) is 8.45. The molecule has 0 saturated carbocycles. The molecule has 0 radical (unpaired) electrons. The van der Waals surface area contributed by atoms with Crippen molar-refractivity contribution in [3.05, 3.63) is 47.4 Å². The predicted octanol–water partition coefficient (Wildman–Crippen LogP) is 4.79. The van der Waals surface area contributed by atoms with E-state index in [-0.39, 0.29) is 11.8 Å². The van der Waals surface area contributed by atoms with E-state index in [0.717, 1.165) is 15.6 Å². The highest BCUT2D eigenvalue weighted by Gasteiger charge is 2.20. The summed E-state index contributed by atoms with van der Waals surface area (Å²) < 4.78 is 2.09. The van der Waals surface area contributed by atoms with Crippen LogP contribution in [0.3, 0.4) is 0 Å². The number of phenolic OH excluding ortho intramolecular Hbond substituents is 1. The molecule has 1 atom stereocenters. The molecule has 1 heterocycles. The van der Waals surface area contributed by atoms with Gasteiger partial charge in [0, 0.05) is 10.0 Å². The first kappa shape index (κ1) is 13.5. The monoisotopic (exact) mass is 439 g/mol. The standard InChI is InChI=1S/C11H8Br3NOS/c12-6-3-7(13)11(16)9(14)8(6)10(15)5-1-2-17-4-5/h1-4,10,16H,15H2/t10-/m1/s1. The molecule has 1 aromatic carbocycles. The Morgan fingerprint density at radius 2 is 1.94 bits per heavy atom. The summed E-state index contributed by atoms with van der Waals surface area (Å²) >= 11 is 11.7. The van der Waals surface area contributed by atoms with E-state index in [4.69, 9.17) is 5.73 Å². The van der Waals surface area contributed by atoms with Crippen molar-refractivity contribution in [2.24, 2.45) is 5.73 Å². The molecule has 0 spiro atoms. The number of thiophene rings is 1. The average molecular weight is 442 g/mol. The van der Waals surface area contributed by atoms with E-state index in [1.54, 1.807) is 17.4 Å². The first-order chi connectivity index (χ1) is 8.02. The average Bonchev–Trinajstić information content (AvgIpc) is 2.79. The fraction of sp³-hybridized carbons (Fsp3) is 0.0909. The Labute approximate surface area is 128 Å². The van der Waals surface area contributed by atoms with Crippen LogP contribution in [0.4, 0.5) is 0 Å². The maximum atomic E-state index is 9.89. The molecule has 2 rings (SSSR count). The number of hydrogen-bond donors (Lipinski definition) is 2. The SMILES string of the molecule is N[C@H](c1ccsc1)c1c(Br)cc(Br)c(O)c1Br. The molecule has 0 bridgehead atoms. The molecule has 2 nitrogen and oxygen atoms in total. The molecule has 3 N–H and O–H groups in total. The van der Waals surface area contributed by atoms with E-state index < -0.39 is 0 Å². The number of nitrogens with two attached hydrogens (primary N) is 1. The summed E-state index contributed by atoms with van der Waals surface area (Å²) in [6, 6.07) is 3.50. The third-order valence-electron chi connectivity index (χ3n) is 2.39. The van der Waals surface area contributed by atoms with Gasteiger partial charge in [0.25, 0.3) is 0 Å². The van der Waals surface area contributed by atoms with Crippen LogP contribution < -0.4 is 5.73 Å². The van der Waals surface area contributed by atoms with Gasteiger partial charge in [0.2, 0.25) is 0 Å². The van der Waals surface area contributed by atoms with Crippen LogP contribution in [0, 0.1) is 0 Å². The second kappa shape index (κ2) is 5.40. The Morgan fingerprint density at radius 1 is 1.24 bits per heavy atom. The van der Waals surface area contributed by atoms with Gasteiger partial charge in [-0.2, -0.15) is 11.3 Å². The molecule has 0 aliphatic carbocycles.